The lowest BCUT2D eigenvalue weighted by molar-refractivity contribution is -0.137. The zero-order valence-corrected chi connectivity index (χ0v) is 11.6. The molecule has 1 N–H and O–H groups in total. The number of unbranched alkanes of at least 4 members (excludes halogenated alkanes) is 1. The lowest BCUT2D eigenvalue weighted by Gasteiger charge is -1.94. The topological polar surface area (TPSA) is 89.1 Å². The third kappa shape index (κ3) is 4.13. The van der Waals surface area contributed by atoms with Crippen LogP contribution in [0.15, 0.2) is 27.5 Å². The molecule has 0 amide bonds. The highest BCUT2D eigenvalue weighted by Gasteiger charge is 2.09. The van der Waals surface area contributed by atoms with Gasteiger partial charge in [-0.3, -0.25) is 9.78 Å². The number of carboxylic acid groups (broad SMARTS) is 1. The molecule has 6 nitrogen and oxygen atoms in total. The lowest BCUT2D eigenvalue weighted by atomic mass is 10.2. The molecule has 2 aromatic rings. The highest BCUT2D eigenvalue weighted by Crippen LogP contribution is 2.19. The molecule has 0 aromatic carbocycles. The van der Waals surface area contributed by atoms with Crippen molar-refractivity contribution in [2.24, 2.45) is 0 Å². The number of aryl methyl sites for hydroxylation is 1. The fourth-order valence-corrected chi connectivity index (χ4v) is 1.93. The SMILES string of the molecule is O=C(O)CCCCc1nc(-c2cncc(Br)c2)no1. The van der Waals surface area contributed by atoms with Crippen LogP contribution in [0.1, 0.15) is 25.2 Å². The Morgan fingerprint density at radius 1 is 1.37 bits per heavy atom. The Kier molecular flexibility index (Phi) is 4.62. The Labute approximate surface area is 118 Å². The van der Waals surface area contributed by atoms with Crippen LogP contribution in [0.25, 0.3) is 11.4 Å². The molecule has 2 heterocycles. The van der Waals surface area contributed by atoms with Crippen molar-refractivity contribution >= 4 is 21.9 Å². The summed E-state index contributed by atoms with van der Waals surface area (Å²) in [6.07, 6.45) is 5.40. The molecule has 0 fully saturated rings. The number of nitrogens with zero attached hydrogens (tertiary/aromatic N) is 3. The fourth-order valence-electron chi connectivity index (χ4n) is 1.56. The summed E-state index contributed by atoms with van der Waals surface area (Å²) in [7, 11) is 0. The molecule has 2 aromatic heterocycles. The van der Waals surface area contributed by atoms with Crippen LogP contribution in [0.3, 0.4) is 0 Å². The molecule has 0 atom stereocenters. The second-order valence-electron chi connectivity index (χ2n) is 4.00. The highest BCUT2D eigenvalue weighted by molar-refractivity contribution is 9.10. The number of rotatable bonds is 6. The lowest BCUT2D eigenvalue weighted by Crippen LogP contribution is -1.95. The Hall–Kier alpha value is -1.76. The van der Waals surface area contributed by atoms with Crippen molar-refractivity contribution in [1.29, 1.82) is 0 Å². The first kappa shape index (κ1) is 13.7. The van der Waals surface area contributed by atoms with Crippen LogP contribution >= 0.6 is 15.9 Å². The van der Waals surface area contributed by atoms with Gasteiger partial charge in [0.1, 0.15) is 0 Å². The minimum absolute atomic E-state index is 0.163. The van der Waals surface area contributed by atoms with Gasteiger partial charge in [-0.2, -0.15) is 4.98 Å². The molecule has 0 radical (unpaired) electrons. The van der Waals surface area contributed by atoms with E-state index in [9.17, 15) is 4.79 Å². The van der Waals surface area contributed by atoms with E-state index in [0.29, 0.717) is 31.0 Å². The number of hydrogen-bond donors (Lipinski definition) is 1. The van der Waals surface area contributed by atoms with Gasteiger partial charge < -0.3 is 9.63 Å². The Morgan fingerprint density at radius 3 is 2.95 bits per heavy atom. The van der Waals surface area contributed by atoms with Gasteiger partial charge in [-0.05, 0) is 34.8 Å². The van der Waals surface area contributed by atoms with Gasteiger partial charge in [0, 0.05) is 35.3 Å². The molecule has 0 saturated carbocycles. The fraction of sp³-hybridized carbons (Fsp3) is 0.333. The Morgan fingerprint density at radius 2 is 2.21 bits per heavy atom. The summed E-state index contributed by atoms with van der Waals surface area (Å²) in [5.74, 6) is 0.217. The quantitative estimate of drug-likeness (QED) is 0.821. The molecule has 7 heteroatoms. The number of aromatic nitrogens is 3. The normalized spacial score (nSPS) is 10.6. The van der Waals surface area contributed by atoms with Crippen LogP contribution in [0.5, 0.6) is 0 Å². The van der Waals surface area contributed by atoms with Gasteiger partial charge in [0.2, 0.25) is 11.7 Å². The molecule has 100 valence electrons. The first-order valence-corrected chi connectivity index (χ1v) is 6.60. The summed E-state index contributed by atoms with van der Waals surface area (Å²) < 4.78 is 5.96. The molecule has 0 bridgehead atoms. The van der Waals surface area contributed by atoms with Crippen LogP contribution in [0, 0.1) is 0 Å². The molecular formula is C12H12BrN3O3. The van der Waals surface area contributed by atoms with Crippen LogP contribution in [0.4, 0.5) is 0 Å². The van der Waals surface area contributed by atoms with Gasteiger partial charge in [-0.25, -0.2) is 0 Å². The van der Waals surface area contributed by atoms with Crippen molar-refractivity contribution < 1.29 is 14.4 Å². The number of pyridine rings is 1. The van der Waals surface area contributed by atoms with Crippen LogP contribution in [-0.4, -0.2) is 26.2 Å². The Bertz CT molecular complexity index is 571. The van der Waals surface area contributed by atoms with Crippen molar-refractivity contribution in [3.05, 3.63) is 28.8 Å². The van der Waals surface area contributed by atoms with Crippen molar-refractivity contribution in [3.63, 3.8) is 0 Å². The zero-order valence-electron chi connectivity index (χ0n) is 10.0. The molecule has 0 saturated heterocycles. The van der Waals surface area contributed by atoms with Crippen molar-refractivity contribution in [1.82, 2.24) is 15.1 Å². The van der Waals surface area contributed by atoms with Gasteiger partial charge in [-0.15, -0.1) is 0 Å². The van der Waals surface area contributed by atoms with E-state index in [1.807, 2.05) is 6.07 Å². The summed E-state index contributed by atoms with van der Waals surface area (Å²) in [6.45, 7) is 0. The predicted molar refractivity (Wildman–Crippen MR) is 70.4 cm³/mol. The van der Waals surface area contributed by atoms with E-state index >= 15 is 0 Å². The van der Waals surface area contributed by atoms with E-state index in [4.69, 9.17) is 9.63 Å². The third-order valence-electron chi connectivity index (χ3n) is 2.46. The summed E-state index contributed by atoms with van der Waals surface area (Å²) in [5, 5.41) is 12.4. The number of hydrogen-bond acceptors (Lipinski definition) is 5. The molecule has 0 aliphatic carbocycles. The summed E-state index contributed by atoms with van der Waals surface area (Å²) in [6, 6.07) is 1.85. The van der Waals surface area contributed by atoms with Crippen LogP contribution in [0.2, 0.25) is 0 Å². The maximum atomic E-state index is 10.4. The predicted octanol–water partition coefficient (Wildman–Crippen LogP) is 2.69. The molecule has 0 unspecified atom stereocenters. The standard InChI is InChI=1S/C12H12BrN3O3/c13-9-5-8(6-14-7-9)12-15-10(19-16-12)3-1-2-4-11(17)18/h5-7H,1-4H2,(H,17,18). The Balaban J connectivity index is 1.94. The molecule has 19 heavy (non-hydrogen) atoms. The van der Waals surface area contributed by atoms with E-state index in [1.54, 1.807) is 12.4 Å². The minimum atomic E-state index is -0.786. The van der Waals surface area contributed by atoms with Crippen LogP contribution < -0.4 is 0 Å². The number of carbonyl (C=O) groups is 1. The third-order valence-corrected chi connectivity index (χ3v) is 2.90. The average Bonchev–Trinajstić information content (AvgIpc) is 2.83. The van der Waals surface area contributed by atoms with Crippen LogP contribution in [-0.2, 0) is 11.2 Å². The van der Waals surface area contributed by atoms with Gasteiger partial charge in [0.25, 0.3) is 0 Å². The van der Waals surface area contributed by atoms with E-state index in [2.05, 4.69) is 31.1 Å². The second kappa shape index (κ2) is 6.42. The van der Waals surface area contributed by atoms with E-state index in [-0.39, 0.29) is 6.42 Å². The molecule has 0 aliphatic rings. The summed E-state index contributed by atoms with van der Waals surface area (Å²) in [5.41, 5.74) is 0.773. The van der Waals surface area contributed by atoms with Crippen molar-refractivity contribution in [2.75, 3.05) is 0 Å². The second-order valence-corrected chi connectivity index (χ2v) is 4.92. The smallest absolute Gasteiger partial charge is 0.303 e. The molecule has 0 aliphatic heterocycles. The average molecular weight is 326 g/mol. The maximum absolute atomic E-state index is 10.4. The minimum Gasteiger partial charge on any atom is -0.481 e. The first-order chi connectivity index (χ1) is 9.15. The maximum Gasteiger partial charge on any atom is 0.303 e. The summed E-state index contributed by atoms with van der Waals surface area (Å²) in [4.78, 5) is 18.7. The first-order valence-electron chi connectivity index (χ1n) is 5.80. The molecular weight excluding hydrogens is 314 g/mol. The van der Waals surface area contributed by atoms with Gasteiger partial charge in [0.15, 0.2) is 0 Å². The van der Waals surface area contributed by atoms with E-state index in [1.165, 1.54) is 0 Å². The summed E-state index contributed by atoms with van der Waals surface area (Å²) >= 11 is 3.33. The molecule has 2 rings (SSSR count). The molecule has 0 spiro atoms. The monoisotopic (exact) mass is 325 g/mol. The van der Waals surface area contributed by atoms with Gasteiger partial charge in [0.05, 0.1) is 0 Å². The van der Waals surface area contributed by atoms with Gasteiger partial charge in [-0.1, -0.05) is 5.16 Å². The number of carboxylic acids is 1. The largest absolute Gasteiger partial charge is 0.481 e. The number of halogens is 1. The zero-order chi connectivity index (χ0) is 13.7. The van der Waals surface area contributed by atoms with E-state index < -0.39 is 5.97 Å². The number of aliphatic carboxylic acids is 1. The van der Waals surface area contributed by atoms with Crippen molar-refractivity contribution in [2.45, 2.75) is 25.7 Å². The van der Waals surface area contributed by atoms with Gasteiger partial charge >= 0.3 is 5.97 Å². The highest BCUT2D eigenvalue weighted by atomic mass is 79.9. The van der Waals surface area contributed by atoms with E-state index in [0.717, 1.165) is 10.0 Å². The van der Waals surface area contributed by atoms with Crippen molar-refractivity contribution in [3.8, 4) is 11.4 Å².